The normalized spacial score (nSPS) is 11.1. The zero-order chi connectivity index (χ0) is 24.5. The number of fused-ring (bicyclic) bond motifs is 2. The van der Waals surface area contributed by atoms with Crippen LogP contribution in [-0.4, -0.2) is 49.5 Å². The van der Waals surface area contributed by atoms with Crippen molar-refractivity contribution in [3.05, 3.63) is 78.1 Å². The lowest BCUT2D eigenvalue weighted by molar-refractivity contribution is 0.100. The molecule has 0 spiro atoms. The maximum absolute atomic E-state index is 11.9. The number of anilines is 1. The molecule has 0 aliphatic heterocycles. The van der Waals surface area contributed by atoms with Gasteiger partial charge in [-0.1, -0.05) is 30.3 Å². The smallest absolute Gasteiger partial charge is 0.488 e. The van der Waals surface area contributed by atoms with Gasteiger partial charge in [-0.05, 0) is 35.3 Å². The summed E-state index contributed by atoms with van der Waals surface area (Å²) in [5, 5.41) is 23.0. The molecule has 0 atom stereocenters. The minimum absolute atomic E-state index is 0.325. The summed E-state index contributed by atoms with van der Waals surface area (Å²) in [6, 6.07) is 15.9. The Hall–Kier alpha value is -4.48. The molecule has 5 N–H and O–H groups in total. The van der Waals surface area contributed by atoms with Gasteiger partial charge in [0.15, 0.2) is 11.6 Å². The number of ether oxygens (including phenoxy) is 1. The van der Waals surface area contributed by atoms with Gasteiger partial charge in [0.05, 0.1) is 24.4 Å². The number of rotatable bonds is 7. The third kappa shape index (κ3) is 4.14. The van der Waals surface area contributed by atoms with E-state index in [2.05, 4.69) is 10.3 Å². The van der Waals surface area contributed by atoms with Crippen molar-refractivity contribution in [1.82, 2.24) is 19.4 Å². The lowest BCUT2D eigenvalue weighted by Crippen LogP contribution is -2.30. The van der Waals surface area contributed by atoms with E-state index in [-0.39, 0.29) is 0 Å². The highest BCUT2D eigenvalue weighted by atomic mass is 16.5. The third-order valence-corrected chi connectivity index (χ3v) is 5.65. The Balaban J connectivity index is 1.63. The van der Waals surface area contributed by atoms with Gasteiger partial charge in [-0.25, -0.2) is 15.0 Å². The Morgan fingerprint density at radius 3 is 2.74 bits per heavy atom. The van der Waals surface area contributed by atoms with Gasteiger partial charge < -0.3 is 25.8 Å². The third-order valence-electron chi connectivity index (χ3n) is 5.65. The highest BCUT2D eigenvalue weighted by molar-refractivity contribution is 6.58. The van der Waals surface area contributed by atoms with Crippen LogP contribution in [0, 0.1) is 0 Å². The summed E-state index contributed by atoms with van der Waals surface area (Å²) in [6.45, 7) is 0.372. The Labute approximate surface area is 200 Å². The molecule has 0 saturated carbocycles. The first-order chi connectivity index (χ1) is 17.0. The van der Waals surface area contributed by atoms with E-state index in [1.807, 2.05) is 24.3 Å². The van der Waals surface area contributed by atoms with E-state index in [1.54, 1.807) is 54.2 Å². The van der Waals surface area contributed by atoms with E-state index >= 15 is 0 Å². The van der Waals surface area contributed by atoms with E-state index in [9.17, 15) is 14.8 Å². The molecule has 0 bridgehead atoms. The van der Waals surface area contributed by atoms with Crippen molar-refractivity contribution in [1.29, 1.82) is 0 Å². The number of methoxy groups -OCH3 is 1. The number of nitrogens with two attached hydrogens (primary N) is 1. The molecule has 0 saturated heterocycles. The number of para-hydroxylation sites is 1. The molecule has 10 nitrogen and oxygen atoms in total. The molecule has 3 aromatic heterocycles. The van der Waals surface area contributed by atoms with E-state index in [0.29, 0.717) is 51.8 Å². The van der Waals surface area contributed by atoms with Crippen LogP contribution in [-0.2, 0) is 6.54 Å². The van der Waals surface area contributed by atoms with Crippen molar-refractivity contribution in [2.24, 2.45) is 5.73 Å². The Morgan fingerprint density at radius 2 is 1.97 bits per heavy atom. The number of aromatic nitrogens is 4. The maximum Gasteiger partial charge on any atom is 0.488 e. The van der Waals surface area contributed by atoms with Crippen LogP contribution in [0.15, 0.2) is 67.0 Å². The quantitative estimate of drug-likeness (QED) is 0.262. The highest BCUT2D eigenvalue weighted by Crippen LogP contribution is 2.31. The fourth-order valence-electron chi connectivity index (χ4n) is 3.97. The number of carbonyl (C=O) groups is 1. The van der Waals surface area contributed by atoms with Gasteiger partial charge in [-0.15, -0.1) is 0 Å². The number of carbonyl (C=O) groups excluding carboxylic acids is 1. The zero-order valence-electron chi connectivity index (χ0n) is 18.7. The molecular formula is C24H21BN6O4. The molecule has 0 fully saturated rings. The summed E-state index contributed by atoms with van der Waals surface area (Å²) >= 11 is 0. The van der Waals surface area contributed by atoms with Crippen LogP contribution in [0.25, 0.3) is 28.1 Å². The Morgan fingerprint density at radius 1 is 1.14 bits per heavy atom. The van der Waals surface area contributed by atoms with E-state index in [0.717, 1.165) is 10.9 Å². The monoisotopic (exact) mass is 468 g/mol. The number of hydrogen-bond donors (Lipinski definition) is 4. The minimum atomic E-state index is -1.55. The van der Waals surface area contributed by atoms with E-state index in [4.69, 9.17) is 20.4 Å². The first-order valence-corrected chi connectivity index (χ1v) is 10.8. The molecule has 0 unspecified atom stereocenters. The van der Waals surface area contributed by atoms with Crippen LogP contribution < -0.4 is 21.3 Å². The average molecular weight is 468 g/mol. The van der Waals surface area contributed by atoms with Crippen molar-refractivity contribution >= 4 is 40.7 Å². The van der Waals surface area contributed by atoms with Gasteiger partial charge in [0.25, 0.3) is 5.91 Å². The number of nitrogens with zero attached hydrogens (tertiary/aromatic N) is 4. The summed E-state index contributed by atoms with van der Waals surface area (Å²) in [5.41, 5.74) is 8.23. The van der Waals surface area contributed by atoms with E-state index < -0.39 is 13.0 Å². The fourth-order valence-corrected chi connectivity index (χ4v) is 3.97. The maximum atomic E-state index is 11.9. The number of pyridine rings is 1. The number of nitrogens with one attached hydrogen (secondary N) is 1. The van der Waals surface area contributed by atoms with Crippen molar-refractivity contribution in [2.75, 3.05) is 12.4 Å². The van der Waals surface area contributed by atoms with Gasteiger partial charge >= 0.3 is 7.12 Å². The van der Waals surface area contributed by atoms with Crippen molar-refractivity contribution in [3.8, 4) is 17.4 Å². The number of benzene rings is 2. The Bertz CT molecular complexity index is 1570. The summed E-state index contributed by atoms with van der Waals surface area (Å²) in [5.74, 6) is 1.32. The second kappa shape index (κ2) is 9.05. The molecular weight excluding hydrogens is 447 g/mol. The van der Waals surface area contributed by atoms with Gasteiger partial charge in [0.1, 0.15) is 17.1 Å². The largest absolute Gasteiger partial charge is 0.494 e. The topological polar surface area (TPSA) is 148 Å². The molecule has 1 amide bonds. The van der Waals surface area contributed by atoms with Crippen molar-refractivity contribution < 1.29 is 19.6 Å². The lowest BCUT2D eigenvalue weighted by atomic mass is 9.80. The second-order valence-electron chi connectivity index (χ2n) is 7.85. The van der Waals surface area contributed by atoms with E-state index in [1.165, 1.54) is 0 Å². The number of primary amides is 1. The molecule has 2 aromatic carbocycles. The lowest BCUT2D eigenvalue weighted by Gasteiger charge is -2.13. The SMILES string of the molecule is COc1cccc2c(NCc3cccc(B(O)O)c3)nc(-c3ncc4c(C(N)=O)cccn34)nc12. The summed E-state index contributed by atoms with van der Waals surface area (Å²) in [6.07, 6.45) is 3.32. The van der Waals surface area contributed by atoms with Crippen molar-refractivity contribution in [2.45, 2.75) is 6.54 Å². The van der Waals surface area contributed by atoms with Crippen LogP contribution in [0.1, 0.15) is 15.9 Å². The molecule has 5 rings (SSSR count). The molecule has 0 aliphatic rings. The molecule has 174 valence electrons. The number of imidazole rings is 1. The van der Waals surface area contributed by atoms with Gasteiger partial charge in [-0.2, -0.15) is 0 Å². The number of amides is 1. The summed E-state index contributed by atoms with van der Waals surface area (Å²) in [4.78, 5) is 25.8. The van der Waals surface area contributed by atoms with Crippen LogP contribution in [0.3, 0.4) is 0 Å². The molecule has 0 radical (unpaired) electrons. The summed E-state index contributed by atoms with van der Waals surface area (Å²) < 4.78 is 7.25. The standard InChI is InChI=1S/C24H21BN6O4/c1-35-19-9-3-7-17-20(19)29-23(24-28-13-18-16(21(26)32)8-4-10-31(18)24)30-22(17)27-12-14-5-2-6-15(11-14)25(33)34/h2-11,13,33-34H,12H2,1H3,(H2,26,32)(H,27,29,30). The minimum Gasteiger partial charge on any atom is -0.494 e. The molecule has 0 aliphatic carbocycles. The van der Waals surface area contributed by atoms with Gasteiger partial charge in [0.2, 0.25) is 0 Å². The average Bonchev–Trinajstić information content (AvgIpc) is 3.31. The van der Waals surface area contributed by atoms with Crippen molar-refractivity contribution in [3.63, 3.8) is 0 Å². The van der Waals surface area contributed by atoms with Crippen LogP contribution in [0.4, 0.5) is 5.82 Å². The van der Waals surface area contributed by atoms with Gasteiger partial charge in [-0.3, -0.25) is 9.20 Å². The fraction of sp³-hybridized carbons (Fsp3) is 0.0833. The number of hydrogen-bond acceptors (Lipinski definition) is 8. The van der Waals surface area contributed by atoms with Crippen LogP contribution in [0.5, 0.6) is 5.75 Å². The second-order valence-corrected chi connectivity index (χ2v) is 7.85. The molecule has 35 heavy (non-hydrogen) atoms. The molecule has 3 heterocycles. The molecule has 5 aromatic rings. The van der Waals surface area contributed by atoms with Gasteiger partial charge in [0, 0.05) is 18.1 Å². The first kappa shape index (κ1) is 22.3. The molecule has 11 heteroatoms. The van der Waals surface area contributed by atoms with Crippen LogP contribution >= 0.6 is 0 Å². The Kier molecular flexibility index (Phi) is 5.77. The first-order valence-electron chi connectivity index (χ1n) is 10.8. The van der Waals surface area contributed by atoms with Crippen LogP contribution in [0.2, 0.25) is 0 Å². The predicted molar refractivity (Wildman–Crippen MR) is 132 cm³/mol. The predicted octanol–water partition coefficient (Wildman–Crippen LogP) is 1.34. The summed E-state index contributed by atoms with van der Waals surface area (Å²) in [7, 11) is 0.0177. The zero-order valence-corrected chi connectivity index (χ0v) is 18.7. The highest BCUT2D eigenvalue weighted by Gasteiger charge is 2.18.